The number of nitrogens with zero attached hydrogens (tertiary/aromatic N) is 3. The van der Waals surface area contributed by atoms with Gasteiger partial charge in [0.1, 0.15) is 0 Å². The van der Waals surface area contributed by atoms with Crippen LogP contribution in [0.2, 0.25) is 0 Å². The minimum atomic E-state index is 0.622. The highest BCUT2D eigenvalue weighted by Gasteiger charge is 2.22. The van der Waals surface area contributed by atoms with Gasteiger partial charge < -0.3 is 4.90 Å². The van der Waals surface area contributed by atoms with E-state index in [0.29, 0.717) is 6.54 Å². The molecular weight excluding hydrogens is 210 g/mol. The molecule has 0 aliphatic carbocycles. The second-order valence-electron chi connectivity index (χ2n) is 5.62. The highest BCUT2D eigenvalue weighted by molar-refractivity contribution is 4.82. The minimum absolute atomic E-state index is 0.622. The summed E-state index contributed by atoms with van der Waals surface area (Å²) in [7, 11) is 0. The van der Waals surface area contributed by atoms with Crippen LogP contribution in [0, 0.1) is 17.2 Å². The zero-order valence-corrected chi connectivity index (χ0v) is 10.9. The number of hydrogen-bond acceptors (Lipinski definition) is 3. The summed E-state index contributed by atoms with van der Waals surface area (Å²) in [5.74, 6) is 0.801. The maximum absolute atomic E-state index is 8.76. The van der Waals surface area contributed by atoms with Crippen molar-refractivity contribution in [2.75, 3.05) is 39.3 Å². The summed E-state index contributed by atoms with van der Waals surface area (Å²) in [6, 6.07) is 2.28. The first-order chi connectivity index (χ1) is 8.38. The Morgan fingerprint density at radius 3 is 2.35 bits per heavy atom. The fraction of sp³-hybridized carbons (Fsp3) is 0.929. The molecular formula is C14H25N3. The Labute approximate surface area is 105 Å². The number of rotatable bonds is 3. The lowest BCUT2D eigenvalue weighted by atomic mass is 9.97. The first-order valence-corrected chi connectivity index (χ1v) is 7.20. The monoisotopic (exact) mass is 235 g/mol. The maximum atomic E-state index is 8.76. The third-order valence-corrected chi connectivity index (χ3v) is 4.11. The number of hydrogen-bond donors (Lipinski definition) is 0. The van der Waals surface area contributed by atoms with E-state index in [1.165, 1.54) is 58.2 Å². The zero-order valence-electron chi connectivity index (χ0n) is 10.9. The third kappa shape index (κ3) is 4.29. The molecule has 3 nitrogen and oxygen atoms in total. The summed E-state index contributed by atoms with van der Waals surface area (Å²) in [6.45, 7) is 6.76. The lowest BCUT2D eigenvalue weighted by Crippen LogP contribution is -2.41. The predicted molar refractivity (Wildman–Crippen MR) is 69.7 cm³/mol. The van der Waals surface area contributed by atoms with E-state index >= 15 is 0 Å². The van der Waals surface area contributed by atoms with Crippen LogP contribution in [0.25, 0.3) is 0 Å². The molecule has 1 atom stereocenters. The summed E-state index contributed by atoms with van der Waals surface area (Å²) in [5, 5.41) is 8.76. The van der Waals surface area contributed by atoms with Gasteiger partial charge >= 0.3 is 0 Å². The lowest BCUT2D eigenvalue weighted by Gasteiger charge is -2.34. The van der Waals surface area contributed by atoms with Crippen LogP contribution in [0.3, 0.4) is 0 Å². The van der Waals surface area contributed by atoms with Gasteiger partial charge in [-0.25, -0.2) is 0 Å². The first kappa shape index (κ1) is 12.9. The van der Waals surface area contributed by atoms with E-state index in [2.05, 4.69) is 15.9 Å². The van der Waals surface area contributed by atoms with Crippen molar-refractivity contribution in [3.63, 3.8) is 0 Å². The molecule has 2 aliphatic rings. The average molecular weight is 235 g/mol. The van der Waals surface area contributed by atoms with Gasteiger partial charge in [0.2, 0.25) is 0 Å². The van der Waals surface area contributed by atoms with E-state index in [0.717, 1.165) is 19.0 Å². The van der Waals surface area contributed by atoms with Gasteiger partial charge in [0.25, 0.3) is 0 Å². The standard InChI is InChI=1S/C14H25N3/c15-7-11-17-10-5-6-14(13-17)12-16-8-3-1-2-4-9-16/h14H,1-6,8-13H2/t14-/m0/s1. The van der Waals surface area contributed by atoms with Crippen LogP contribution in [-0.2, 0) is 0 Å². The van der Waals surface area contributed by atoms with E-state index in [1.807, 2.05) is 0 Å². The summed E-state index contributed by atoms with van der Waals surface area (Å²) < 4.78 is 0. The molecule has 0 saturated carbocycles. The van der Waals surface area contributed by atoms with Crippen molar-refractivity contribution < 1.29 is 0 Å². The van der Waals surface area contributed by atoms with Crippen molar-refractivity contribution in [3.8, 4) is 6.07 Å². The zero-order chi connectivity index (χ0) is 11.9. The van der Waals surface area contributed by atoms with Gasteiger partial charge in [-0.1, -0.05) is 12.8 Å². The number of likely N-dealkylation sites (tertiary alicyclic amines) is 2. The Hall–Kier alpha value is -0.590. The van der Waals surface area contributed by atoms with Crippen LogP contribution < -0.4 is 0 Å². The fourth-order valence-corrected chi connectivity index (χ4v) is 3.23. The van der Waals surface area contributed by atoms with Gasteiger partial charge in [-0.2, -0.15) is 5.26 Å². The van der Waals surface area contributed by atoms with Gasteiger partial charge in [-0.05, 0) is 51.2 Å². The summed E-state index contributed by atoms with van der Waals surface area (Å²) in [6.07, 6.45) is 8.24. The molecule has 0 amide bonds. The maximum Gasteiger partial charge on any atom is 0.0866 e. The molecule has 0 aromatic heterocycles. The van der Waals surface area contributed by atoms with Gasteiger partial charge in [-0.15, -0.1) is 0 Å². The molecule has 17 heavy (non-hydrogen) atoms. The van der Waals surface area contributed by atoms with E-state index < -0.39 is 0 Å². The third-order valence-electron chi connectivity index (χ3n) is 4.11. The molecule has 3 heteroatoms. The SMILES string of the molecule is N#CCN1CCC[C@@H](CN2CCCCCC2)C1. The normalized spacial score (nSPS) is 28.5. The van der Waals surface area contributed by atoms with E-state index in [4.69, 9.17) is 5.26 Å². The van der Waals surface area contributed by atoms with Gasteiger partial charge in [0.15, 0.2) is 0 Å². The van der Waals surface area contributed by atoms with Crippen molar-refractivity contribution in [2.24, 2.45) is 5.92 Å². The topological polar surface area (TPSA) is 30.3 Å². The van der Waals surface area contributed by atoms with Crippen LogP contribution in [0.4, 0.5) is 0 Å². The van der Waals surface area contributed by atoms with Crippen LogP contribution >= 0.6 is 0 Å². The quantitative estimate of drug-likeness (QED) is 0.702. The van der Waals surface area contributed by atoms with Crippen LogP contribution in [0.5, 0.6) is 0 Å². The van der Waals surface area contributed by atoms with Crippen LogP contribution in [0.1, 0.15) is 38.5 Å². The van der Waals surface area contributed by atoms with E-state index in [-0.39, 0.29) is 0 Å². The Morgan fingerprint density at radius 1 is 0.941 bits per heavy atom. The molecule has 96 valence electrons. The van der Waals surface area contributed by atoms with Crippen molar-refractivity contribution in [2.45, 2.75) is 38.5 Å². The molecule has 0 N–H and O–H groups in total. The second-order valence-corrected chi connectivity index (χ2v) is 5.62. The molecule has 2 fully saturated rings. The van der Waals surface area contributed by atoms with Crippen molar-refractivity contribution in [3.05, 3.63) is 0 Å². The summed E-state index contributed by atoms with van der Waals surface area (Å²) in [4.78, 5) is 4.99. The second kappa shape index (κ2) is 6.98. The molecule has 2 saturated heterocycles. The molecule has 0 radical (unpaired) electrons. The number of piperidine rings is 1. The molecule has 2 aliphatic heterocycles. The molecule has 0 spiro atoms. The van der Waals surface area contributed by atoms with Gasteiger partial charge in [0.05, 0.1) is 12.6 Å². The molecule has 0 aromatic rings. The molecule has 0 bridgehead atoms. The highest BCUT2D eigenvalue weighted by atomic mass is 15.2. The summed E-state index contributed by atoms with van der Waals surface area (Å²) in [5.41, 5.74) is 0. The predicted octanol–water partition coefficient (Wildman–Crippen LogP) is 2.10. The lowest BCUT2D eigenvalue weighted by molar-refractivity contribution is 0.145. The van der Waals surface area contributed by atoms with Crippen molar-refractivity contribution >= 4 is 0 Å². The smallest absolute Gasteiger partial charge is 0.0866 e. The van der Waals surface area contributed by atoms with Crippen molar-refractivity contribution in [1.29, 1.82) is 5.26 Å². The molecule has 0 unspecified atom stereocenters. The fourth-order valence-electron chi connectivity index (χ4n) is 3.23. The molecule has 0 aromatic carbocycles. The Kier molecular flexibility index (Phi) is 5.28. The van der Waals surface area contributed by atoms with E-state index in [1.54, 1.807) is 0 Å². The Morgan fingerprint density at radius 2 is 1.65 bits per heavy atom. The van der Waals surface area contributed by atoms with Gasteiger partial charge in [0, 0.05) is 13.1 Å². The van der Waals surface area contributed by atoms with Crippen LogP contribution in [-0.4, -0.2) is 49.1 Å². The molecule has 2 rings (SSSR count). The van der Waals surface area contributed by atoms with Gasteiger partial charge in [-0.3, -0.25) is 4.90 Å². The summed E-state index contributed by atoms with van der Waals surface area (Å²) >= 11 is 0. The molecule has 2 heterocycles. The van der Waals surface area contributed by atoms with E-state index in [9.17, 15) is 0 Å². The first-order valence-electron chi connectivity index (χ1n) is 7.20. The largest absolute Gasteiger partial charge is 0.303 e. The number of nitriles is 1. The van der Waals surface area contributed by atoms with Crippen LogP contribution in [0.15, 0.2) is 0 Å². The Balaban J connectivity index is 1.75. The van der Waals surface area contributed by atoms with Crippen molar-refractivity contribution in [1.82, 2.24) is 9.80 Å². The highest BCUT2D eigenvalue weighted by Crippen LogP contribution is 2.19. The Bertz CT molecular complexity index is 251. The average Bonchev–Trinajstić information content (AvgIpc) is 2.59. The minimum Gasteiger partial charge on any atom is -0.303 e.